The zero-order valence-corrected chi connectivity index (χ0v) is 12.6. The molecule has 0 atom stereocenters. The van der Waals surface area contributed by atoms with Gasteiger partial charge in [0.15, 0.2) is 0 Å². The van der Waals surface area contributed by atoms with E-state index in [2.05, 4.69) is 20.0 Å². The lowest BCUT2D eigenvalue weighted by Crippen LogP contribution is -2.24. The number of hydrogen-bond donors (Lipinski definition) is 0. The van der Waals surface area contributed by atoms with E-state index in [4.69, 9.17) is 0 Å². The van der Waals surface area contributed by atoms with Crippen LogP contribution in [0.25, 0.3) is 0 Å². The Labute approximate surface area is 129 Å². The van der Waals surface area contributed by atoms with Crippen LogP contribution in [0.4, 0.5) is 0 Å². The van der Waals surface area contributed by atoms with E-state index in [9.17, 15) is 19.2 Å². The van der Waals surface area contributed by atoms with Gasteiger partial charge in [0.05, 0.1) is 28.9 Å². The van der Waals surface area contributed by atoms with Gasteiger partial charge in [-0.3, -0.25) is 0 Å². The fourth-order valence-electron chi connectivity index (χ4n) is 1.35. The van der Waals surface area contributed by atoms with Crippen molar-refractivity contribution in [2.45, 2.75) is 16.9 Å². The number of carbonyl (C=O) groups excluding carboxylic acids is 4. The highest BCUT2D eigenvalue weighted by molar-refractivity contribution is 8.18. The Morgan fingerprint density at radius 2 is 1.05 bits per heavy atom. The summed E-state index contributed by atoms with van der Waals surface area (Å²) >= 11 is 2.62. The maximum Gasteiger partial charge on any atom is 0.235 e. The van der Waals surface area contributed by atoms with Crippen LogP contribution in [0.15, 0.2) is 20.0 Å². The molecule has 0 saturated carbocycles. The van der Waals surface area contributed by atoms with Gasteiger partial charge in [-0.05, 0) is 12.8 Å². The van der Waals surface area contributed by atoms with Crippen LogP contribution in [-0.2, 0) is 19.2 Å². The summed E-state index contributed by atoms with van der Waals surface area (Å²) in [4.78, 5) is 54.5. The van der Waals surface area contributed by atoms with Gasteiger partial charge in [0, 0.05) is 0 Å². The molecule has 0 bridgehead atoms. The maximum atomic E-state index is 10.2. The van der Waals surface area contributed by atoms with Crippen LogP contribution in [0, 0.1) is 0 Å². The molecule has 8 nitrogen and oxygen atoms in total. The molecule has 0 fully saturated rings. The van der Waals surface area contributed by atoms with Crippen molar-refractivity contribution in [2.75, 3.05) is 24.8 Å². The minimum absolute atomic E-state index is 0.150. The van der Waals surface area contributed by atoms with E-state index < -0.39 is 4.08 Å². The van der Waals surface area contributed by atoms with Crippen molar-refractivity contribution in [3.8, 4) is 0 Å². The fraction of sp³-hybridized carbons (Fsp3) is 0.636. The van der Waals surface area contributed by atoms with Crippen molar-refractivity contribution in [2.24, 2.45) is 20.0 Å². The van der Waals surface area contributed by atoms with Crippen LogP contribution in [0.1, 0.15) is 12.8 Å². The van der Waals surface area contributed by atoms with Crippen LogP contribution in [-0.4, -0.2) is 53.2 Å². The number of thioether (sulfide) groups is 2. The number of aliphatic imine (C=N–C) groups is 4. The average Bonchev–Trinajstić information content (AvgIpc) is 2.48. The summed E-state index contributed by atoms with van der Waals surface area (Å²) in [5.41, 5.74) is 0. The first-order chi connectivity index (χ1) is 10.2. The SMILES string of the molecule is O=C=NCCC(CCN=C=O)(SCN=C=O)SCN=C=O. The van der Waals surface area contributed by atoms with E-state index in [1.54, 1.807) is 0 Å². The van der Waals surface area contributed by atoms with E-state index in [-0.39, 0.29) is 24.8 Å². The monoisotopic (exact) mass is 328 g/mol. The van der Waals surface area contributed by atoms with Crippen molar-refractivity contribution in [3.05, 3.63) is 0 Å². The van der Waals surface area contributed by atoms with Gasteiger partial charge < -0.3 is 0 Å². The molecule has 0 unspecified atom stereocenters. The molecule has 0 aromatic rings. The lowest BCUT2D eigenvalue weighted by Gasteiger charge is -2.30. The summed E-state index contributed by atoms with van der Waals surface area (Å²) in [5.74, 6) is 0.299. The van der Waals surface area contributed by atoms with Gasteiger partial charge in [0.1, 0.15) is 0 Å². The lowest BCUT2D eigenvalue weighted by atomic mass is 10.2. The highest BCUT2D eigenvalue weighted by Crippen LogP contribution is 2.43. The number of isocyanates is 4. The second-order valence-electron chi connectivity index (χ2n) is 3.40. The molecule has 0 N–H and O–H groups in total. The van der Waals surface area contributed by atoms with Gasteiger partial charge in [-0.15, -0.1) is 23.5 Å². The van der Waals surface area contributed by atoms with Gasteiger partial charge in [0.25, 0.3) is 0 Å². The van der Waals surface area contributed by atoms with E-state index in [1.807, 2.05) is 0 Å². The molecule has 0 heterocycles. The first-order valence-corrected chi connectivity index (χ1v) is 7.64. The van der Waals surface area contributed by atoms with E-state index in [0.717, 1.165) is 0 Å². The summed E-state index contributed by atoms with van der Waals surface area (Å²) < 4.78 is -0.554. The van der Waals surface area contributed by atoms with E-state index >= 15 is 0 Å². The third kappa shape index (κ3) is 9.71. The van der Waals surface area contributed by atoms with Crippen LogP contribution >= 0.6 is 23.5 Å². The van der Waals surface area contributed by atoms with Crippen LogP contribution in [0.3, 0.4) is 0 Å². The molecule has 0 aliphatic rings. The smallest absolute Gasteiger partial charge is 0.211 e. The third-order valence-corrected chi connectivity index (χ3v) is 5.34. The summed E-state index contributed by atoms with van der Waals surface area (Å²) in [7, 11) is 0. The summed E-state index contributed by atoms with van der Waals surface area (Å²) in [6.45, 7) is 0.424. The Balaban J connectivity index is 4.99. The molecule has 21 heavy (non-hydrogen) atoms. The topological polar surface area (TPSA) is 118 Å². The van der Waals surface area contributed by atoms with Crippen molar-refractivity contribution in [3.63, 3.8) is 0 Å². The van der Waals surface area contributed by atoms with Crippen molar-refractivity contribution in [1.82, 2.24) is 0 Å². The minimum atomic E-state index is -0.554. The molecule has 0 aromatic carbocycles. The Kier molecular flexibility index (Phi) is 12.1. The first-order valence-electron chi connectivity index (χ1n) is 5.67. The standard InChI is InChI=1S/C11H12N4O4S2/c16-5-12-3-1-11(2-4-13-6-17,20-9-14-7-18)21-10-15-8-19/h1-4,9-10H2. The Morgan fingerprint density at radius 1 is 0.667 bits per heavy atom. The molecular formula is C11H12N4O4S2. The number of rotatable bonds is 12. The predicted octanol–water partition coefficient (Wildman–Crippen LogP) is 1.19. The summed E-state index contributed by atoms with van der Waals surface area (Å²) in [6, 6.07) is 0. The van der Waals surface area contributed by atoms with E-state index in [1.165, 1.54) is 47.8 Å². The molecule has 0 saturated heterocycles. The molecule has 0 rings (SSSR count). The van der Waals surface area contributed by atoms with Crippen molar-refractivity contribution in [1.29, 1.82) is 0 Å². The maximum absolute atomic E-state index is 10.2. The number of hydrogen-bond acceptors (Lipinski definition) is 10. The second kappa shape index (κ2) is 13.2. The Morgan fingerprint density at radius 3 is 1.38 bits per heavy atom. The molecule has 10 heteroatoms. The highest BCUT2D eigenvalue weighted by atomic mass is 32.2. The molecule has 0 amide bonds. The molecule has 0 aromatic heterocycles. The Hall–Kier alpha value is -1.78. The molecule has 112 valence electrons. The predicted molar refractivity (Wildman–Crippen MR) is 79.1 cm³/mol. The van der Waals surface area contributed by atoms with Crippen molar-refractivity contribution < 1.29 is 19.2 Å². The van der Waals surface area contributed by atoms with Crippen LogP contribution < -0.4 is 0 Å². The molecule has 0 aliphatic carbocycles. The fourth-order valence-corrected chi connectivity index (χ4v) is 3.65. The molecule has 0 aliphatic heterocycles. The van der Waals surface area contributed by atoms with Gasteiger partial charge in [-0.25, -0.2) is 29.2 Å². The Bertz CT molecular complexity index is 409. The highest BCUT2D eigenvalue weighted by Gasteiger charge is 2.30. The second-order valence-corrected chi connectivity index (χ2v) is 6.32. The van der Waals surface area contributed by atoms with Gasteiger partial charge >= 0.3 is 0 Å². The van der Waals surface area contributed by atoms with Crippen molar-refractivity contribution >= 4 is 47.8 Å². The summed E-state index contributed by atoms with van der Waals surface area (Å²) in [6.07, 6.45) is 6.62. The van der Waals surface area contributed by atoms with E-state index in [0.29, 0.717) is 12.8 Å². The van der Waals surface area contributed by atoms with Crippen LogP contribution in [0.5, 0.6) is 0 Å². The largest absolute Gasteiger partial charge is 0.235 e. The van der Waals surface area contributed by atoms with Gasteiger partial charge in [-0.2, -0.15) is 9.98 Å². The average molecular weight is 328 g/mol. The van der Waals surface area contributed by atoms with Gasteiger partial charge in [0.2, 0.25) is 24.3 Å². The third-order valence-electron chi connectivity index (χ3n) is 2.25. The quantitative estimate of drug-likeness (QED) is 0.302. The minimum Gasteiger partial charge on any atom is -0.211 e. The molecule has 0 spiro atoms. The summed E-state index contributed by atoms with van der Waals surface area (Å²) in [5, 5.41) is 0. The first kappa shape index (κ1) is 19.2. The molecule has 0 radical (unpaired) electrons. The molecular weight excluding hydrogens is 316 g/mol. The lowest BCUT2D eigenvalue weighted by molar-refractivity contribution is 0.559. The van der Waals surface area contributed by atoms with Gasteiger partial charge in [-0.1, -0.05) is 0 Å². The normalized spacial score (nSPS) is 11.8. The zero-order valence-electron chi connectivity index (χ0n) is 11.0. The van der Waals surface area contributed by atoms with Crippen LogP contribution in [0.2, 0.25) is 0 Å². The zero-order chi connectivity index (χ0) is 15.8. The number of nitrogens with zero attached hydrogens (tertiary/aromatic N) is 4.